The maximum absolute atomic E-state index is 12.8. The summed E-state index contributed by atoms with van der Waals surface area (Å²) < 4.78 is 28.9. The van der Waals surface area contributed by atoms with Gasteiger partial charge in [0.25, 0.3) is 10.0 Å². The molecule has 1 atom stereocenters. The highest BCUT2D eigenvalue weighted by Crippen LogP contribution is 2.26. The van der Waals surface area contributed by atoms with E-state index in [1.165, 1.54) is 0 Å². The van der Waals surface area contributed by atoms with Gasteiger partial charge in [0.2, 0.25) is 0 Å². The fourth-order valence-electron chi connectivity index (χ4n) is 2.66. The Balaban J connectivity index is 2.25. The second-order valence-corrected chi connectivity index (χ2v) is 7.23. The predicted octanol–water partition coefficient (Wildman–Crippen LogP) is 0.881. The van der Waals surface area contributed by atoms with Crippen LogP contribution < -0.4 is 5.32 Å². The summed E-state index contributed by atoms with van der Waals surface area (Å²) in [5.41, 5.74) is 0. The molecule has 7 heteroatoms. The van der Waals surface area contributed by atoms with Crippen LogP contribution in [0.25, 0.3) is 0 Å². The van der Waals surface area contributed by atoms with Crippen molar-refractivity contribution >= 4 is 10.0 Å². The zero-order valence-corrected chi connectivity index (χ0v) is 13.3. The van der Waals surface area contributed by atoms with E-state index < -0.39 is 10.0 Å². The average molecular weight is 300 g/mol. The van der Waals surface area contributed by atoms with Crippen LogP contribution in [0.15, 0.2) is 11.2 Å². The fourth-order valence-corrected chi connectivity index (χ4v) is 4.41. The van der Waals surface area contributed by atoms with E-state index in [2.05, 4.69) is 10.3 Å². The summed E-state index contributed by atoms with van der Waals surface area (Å²) in [6, 6.07) is 0.0866. The molecule has 1 saturated heterocycles. The Kier molecular flexibility index (Phi) is 4.82. The molecule has 2 heterocycles. The second kappa shape index (κ2) is 6.24. The Morgan fingerprint density at radius 2 is 2.20 bits per heavy atom. The molecule has 2 rings (SSSR count). The topological polar surface area (TPSA) is 67.2 Å². The first-order valence-corrected chi connectivity index (χ1v) is 8.57. The summed E-state index contributed by atoms with van der Waals surface area (Å²) in [6.07, 6.45) is 5.42. The summed E-state index contributed by atoms with van der Waals surface area (Å²) in [6.45, 7) is 3.25. The molecule has 0 bridgehead atoms. The lowest BCUT2D eigenvalue weighted by Gasteiger charge is -2.34. The summed E-state index contributed by atoms with van der Waals surface area (Å²) in [4.78, 5) is 4.19. The molecule has 1 aliphatic rings. The summed E-state index contributed by atoms with van der Waals surface area (Å²) in [7, 11) is 0.238. The molecule has 1 fully saturated rings. The van der Waals surface area contributed by atoms with Crippen molar-refractivity contribution < 1.29 is 8.42 Å². The van der Waals surface area contributed by atoms with Crippen LogP contribution >= 0.6 is 0 Å². The maximum Gasteiger partial charge on any atom is 0.262 e. The highest BCUT2D eigenvalue weighted by Gasteiger charge is 2.34. The number of sulfonamides is 1. The van der Waals surface area contributed by atoms with Crippen LogP contribution in [-0.2, 0) is 17.1 Å². The minimum Gasteiger partial charge on any atom is -0.337 e. The minimum absolute atomic E-state index is 0.0866. The third-order valence-corrected chi connectivity index (χ3v) is 5.78. The molecule has 0 amide bonds. The molecule has 1 aromatic rings. The van der Waals surface area contributed by atoms with Crippen molar-refractivity contribution in [3.8, 4) is 0 Å². The van der Waals surface area contributed by atoms with Gasteiger partial charge in [0.05, 0.1) is 0 Å². The van der Waals surface area contributed by atoms with Gasteiger partial charge in [0.1, 0.15) is 5.82 Å². The van der Waals surface area contributed by atoms with Crippen LogP contribution in [-0.4, -0.2) is 48.5 Å². The van der Waals surface area contributed by atoms with Crippen LogP contribution in [0.4, 0.5) is 0 Å². The largest absolute Gasteiger partial charge is 0.337 e. The summed E-state index contributed by atoms with van der Waals surface area (Å²) >= 11 is 0. The van der Waals surface area contributed by atoms with Crippen molar-refractivity contribution in [1.82, 2.24) is 19.2 Å². The third-order valence-electron chi connectivity index (χ3n) is 3.96. The van der Waals surface area contributed by atoms with E-state index in [0.717, 1.165) is 32.2 Å². The highest BCUT2D eigenvalue weighted by molar-refractivity contribution is 7.89. The molecule has 1 unspecified atom stereocenters. The van der Waals surface area contributed by atoms with E-state index in [1.54, 1.807) is 15.1 Å². The Morgan fingerprint density at radius 3 is 2.80 bits per heavy atom. The van der Waals surface area contributed by atoms with E-state index >= 15 is 0 Å². The van der Waals surface area contributed by atoms with Gasteiger partial charge in [-0.15, -0.1) is 0 Å². The zero-order valence-electron chi connectivity index (χ0n) is 12.5. The molecule has 0 radical (unpaired) electrons. The SMILES string of the molecule is CNCCC1CCCCN1S(=O)(=O)c1cn(C)c(C)n1. The van der Waals surface area contributed by atoms with E-state index in [0.29, 0.717) is 12.4 Å². The normalized spacial score (nSPS) is 21.2. The van der Waals surface area contributed by atoms with Gasteiger partial charge in [-0.05, 0) is 39.8 Å². The van der Waals surface area contributed by atoms with Crippen LogP contribution in [0.1, 0.15) is 31.5 Å². The number of rotatable bonds is 5. The first-order chi connectivity index (χ1) is 9.46. The van der Waals surface area contributed by atoms with E-state index in [1.807, 2.05) is 21.0 Å². The molecule has 114 valence electrons. The Hall–Kier alpha value is -0.920. The van der Waals surface area contributed by atoms with Gasteiger partial charge in [-0.2, -0.15) is 4.31 Å². The van der Waals surface area contributed by atoms with Gasteiger partial charge in [-0.3, -0.25) is 0 Å². The molecule has 20 heavy (non-hydrogen) atoms. The van der Waals surface area contributed by atoms with Gasteiger partial charge >= 0.3 is 0 Å². The first-order valence-electron chi connectivity index (χ1n) is 7.13. The predicted molar refractivity (Wildman–Crippen MR) is 78.0 cm³/mol. The molecule has 1 aliphatic heterocycles. The highest BCUT2D eigenvalue weighted by atomic mass is 32.2. The number of aryl methyl sites for hydroxylation is 2. The summed E-state index contributed by atoms with van der Waals surface area (Å²) in [5, 5.41) is 3.27. The second-order valence-electron chi connectivity index (χ2n) is 5.39. The monoisotopic (exact) mass is 300 g/mol. The standard InChI is InChI=1S/C13H24N4O2S/c1-11-15-13(10-16(11)3)20(18,19)17-9-5-4-6-12(17)7-8-14-2/h10,12,14H,4-9H2,1-3H3. The van der Waals surface area contributed by atoms with Crippen molar-refractivity contribution in [1.29, 1.82) is 0 Å². The molecule has 0 saturated carbocycles. The molecular formula is C13H24N4O2S. The van der Waals surface area contributed by atoms with Gasteiger partial charge in [0, 0.05) is 25.8 Å². The van der Waals surface area contributed by atoms with Gasteiger partial charge in [0.15, 0.2) is 5.03 Å². The number of aromatic nitrogens is 2. The Labute approximate surface area is 121 Å². The van der Waals surface area contributed by atoms with Crippen molar-refractivity contribution in [2.75, 3.05) is 20.1 Å². The number of nitrogens with zero attached hydrogens (tertiary/aromatic N) is 3. The van der Waals surface area contributed by atoms with E-state index in [4.69, 9.17) is 0 Å². The molecule has 0 spiro atoms. The molecule has 1 N–H and O–H groups in total. The average Bonchev–Trinajstić information content (AvgIpc) is 2.77. The lowest BCUT2D eigenvalue weighted by molar-refractivity contribution is 0.240. The lowest BCUT2D eigenvalue weighted by atomic mass is 10.0. The number of hydrogen-bond acceptors (Lipinski definition) is 4. The van der Waals surface area contributed by atoms with E-state index in [-0.39, 0.29) is 11.1 Å². The molecule has 6 nitrogen and oxygen atoms in total. The van der Waals surface area contributed by atoms with E-state index in [9.17, 15) is 8.42 Å². The zero-order chi connectivity index (χ0) is 14.8. The van der Waals surface area contributed by atoms with Crippen LogP contribution in [0, 0.1) is 6.92 Å². The number of imidazole rings is 1. The smallest absolute Gasteiger partial charge is 0.262 e. The number of piperidine rings is 1. The lowest BCUT2D eigenvalue weighted by Crippen LogP contribution is -2.44. The Bertz CT molecular complexity index is 533. The van der Waals surface area contributed by atoms with Gasteiger partial charge in [-0.25, -0.2) is 13.4 Å². The minimum atomic E-state index is -3.47. The third kappa shape index (κ3) is 3.05. The molecular weight excluding hydrogens is 276 g/mol. The Morgan fingerprint density at radius 1 is 1.45 bits per heavy atom. The molecule has 0 aromatic carbocycles. The maximum atomic E-state index is 12.8. The quantitative estimate of drug-likeness (QED) is 0.876. The summed E-state index contributed by atoms with van der Waals surface area (Å²) in [5.74, 6) is 0.715. The van der Waals surface area contributed by atoms with Gasteiger partial charge < -0.3 is 9.88 Å². The number of nitrogens with one attached hydrogen (secondary N) is 1. The molecule has 0 aliphatic carbocycles. The van der Waals surface area contributed by atoms with Crippen molar-refractivity contribution in [3.05, 3.63) is 12.0 Å². The van der Waals surface area contributed by atoms with Crippen molar-refractivity contribution in [3.63, 3.8) is 0 Å². The molecule has 1 aromatic heterocycles. The van der Waals surface area contributed by atoms with Crippen molar-refractivity contribution in [2.45, 2.75) is 43.7 Å². The van der Waals surface area contributed by atoms with Crippen molar-refractivity contribution in [2.24, 2.45) is 7.05 Å². The number of hydrogen-bond donors (Lipinski definition) is 1. The van der Waals surface area contributed by atoms with Gasteiger partial charge in [-0.1, -0.05) is 6.42 Å². The van der Waals surface area contributed by atoms with Crippen LogP contribution in [0.3, 0.4) is 0 Å². The fraction of sp³-hybridized carbons (Fsp3) is 0.769. The van der Waals surface area contributed by atoms with Crippen LogP contribution in [0.2, 0.25) is 0 Å². The first kappa shape index (κ1) is 15.5. The van der Waals surface area contributed by atoms with Crippen LogP contribution in [0.5, 0.6) is 0 Å².